The molecule has 5 nitrogen and oxygen atoms in total. The van der Waals surface area contributed by atoms with Crippen molar-refractivity contribution >= 4 is 49.5 Å². The summed E-state index contributed by atoms with van der Waals surface area (Å²) in [6.45, 7) is 0. The lowest BCUT2D eigenvalue weighted by atomic mass is 10.1. The Morgan fingerprint density at radius 2 is 1.14 bits per heavy atom. The van der Waals surface area contributed by atoms with E-state index in [9.17, 15) is 4.79 Å². The van der Waals surface area contributed by atoms with Crippen molar-refractivity contribution in [3.8, 4) is 11.4 Å². The summed E-state index contributed by atoms with van der Waals surface area (Å²) in [5.74, 6) is 0.607. The predicted molar refractivity (Wildman–Crippen MR) is 150 cm³/mol. The second-order valence-electron chi connectivity index (χ2n) is 9.28. The first-order chi connectivity index (χ1) is 18.3. The first-order valence-electron chi connectivity index (χ1n) is 12.3. The molecule has 0 radical (unpaired) electrons. The summed E-state index contributed by atoms with van der Waals surface area (Å²) in [6, 6.07) is 40.8. The third kappa shape index (κ3) is 2.74. The van der Waals surface area contributed by atoms with Gasteiger partial charge in [0.15, 0.2) is 0 Å². The van der Waals surface area contributed by atoms with Crippen LogP contribution in [0.3, 0.4) is 0 Å². The van der Waals surface area contributed by atoms with E-state index in [1.165, 1.54) is 0 Å². The number of aromatic nitrogens is 4. The highest BCUT2D eigenvalue weighted by atomic mass is 16.1. The van der Waals surface area contributed by atoms with Gasteiger partial charge in [0.2, 0.25) is 5.78 Å². The number of imidazole rings is 1. The number of hydrogen-bond acceptors (Lipinski definition) is 2. The number of fused-ring (bicyclic) bond motifs is 8. The van der Waals surface area contributed by atoms with E-state index in [-0.39, 0.29) is 5.56 Å². The normalized spacial score (nSPS) is 11.9. The maximum Gasteiger partial charge on any atom is 0.267 e. The molecule has 0 bridgehead atoms. The fraction of sp³-hybridized carbons (Fsp3) is 0. The lowest BCUT2D eigenvalue weighted by Crippen LogP contribution is -2.21. The van der Waals surface area contributed by atoms with Gasteiger partial charge < -0.3 is 4.57 Å². The molecule has 0 aliphatic carbocycles. The molecule has 0 amide bonds. The fourth-order valence-corrected chi connectivity index (χ4v) is 5.65. The zero-order valence-corrected chi connectivity index (χ0v) is 19.7. The molecule has 3 aromatic heterocycles. The third-order valence-electron chi connectivity index (χ3n) is 7.25. The van der Waals surface area contributed by atoms with E-state index >= 15 is 0 Å². The molecule has 5 aromatic carbocycles. The predicted octanol–water partition coefficient (Wildman–Crippen LogP) is 6.89. The van der Waals surface area contributed by atoms with Crippen molar-refractivity contribution in [2.45, 2.75) is 0 Å². The van der Waals surface area contributed by atoms with E-state index in [4.69, 9.17) is 4.98 Å². The highest BCUT2D eigenvalue weighted by molar-refractivity contribution is 6.10. The first kappa shape index (κ1) is 20.1. The summed E-state index contributed by atoms with van der Waals surface area (Å²) in [7, 11) is 0. The van der Waals surface area contributed by atoms with Crippen molar-refractivity contribution in [3.05, 3.63) is 132 Å². The average Bonchev–Trinajstić information content (AvgIpc) is 3.50. The van der Waals surface area contributed by atoms with Gasteiger partial charge in [-0.15, -0.1) is 0 Å². The SMILES string of the molecule is O=c1c2ccccc2n2c3ccccc3nc2n1-c1ccc2c(c1)c1ccccc1n2-c1ccccc1. The summed E-state index contributed by atoms with van der Waals surface area (Å²) in [4.78, 5) is 18.9. The standard InChI is InChI=1S/C32H20N4O/c37-31-24-13-5-8-16-28(24)36-30-17-9-6-14-26(30)33-32(36)35(31)22-18-19-29-25(20-22)23-12-4-7-15-27(23)34(29)21-10-2-1-3-11-21/h1-20H. The molecule has 0 aliphatic rings. The zero-order valence-electron chi connectivity index (χ0n) is 19.7. The van der Waals surface area contributed by atoms with Crippen LogP contribution in [-0.2, 0) is 0 Å². The van der Waals surface area contributed by atoms with Crippen LogP contribution in [-0.4, -0.2) is 18.5 Å². The van der Waals surface area contributed by atoms with Crippen LogP contribution >= 0.6 is 0 Å². The summed E-state index contributed by atoms with van der Waals surface area (Å²) >= 11 is 0. The van der Waals surface area contributed by atoms with Crippen molar-refractivity contribution in [2.75, 3.05) is 0 Å². The molecule has 0 saturated carbocycles. The van der Waals surface area contributed by atoms with E-state index in [1.54, 1.807) is 4.57 Å². The number of para-hydroxylation sites is 5. The Morgan fingerprint density at radius 1 is 0.486 bits per heavy atom. The molecular weight excluding hydrogens is 456 g/mol. The number of rotatable bonds is 2. The summed E-state index contributed by atoms with van der Waals surface area (Å²) in [5.41, 5.74) is 6.72. The van der Waals surface area contributed by atoms with Gasteiger partial charge in [-0.05, 0) is 60.7 Å². The second kappa shape index (κ2) is 7.42. The van der Waals surface area contributed by atoms with Crippen LogP contribution in [0.15, 0.2) is 126 Å². The molecule has 0 unspecified atom stereocenters. The molecule has 0 aliphatic heterocycles. The quantitative estimate of drug-likeness (QED) is 0.273. The largest absolute Gasteiger partial charge is 0.309 e. The van der Waals surface area contributed by atoms with Gasteiger partial charge in [-0.25, -0.2) is 9.55 Å². The monoisotopic (exact) mass is 476 g/mol. The van der Waals surface area contributed by atoms with Gasteiger partial charge in [-0.2, -0.15) is 0 Å². The molecule has 5 heteroatoms. The van der Waals surface area contributed by atoms with E-state index in [0.29, 0.717) is 11.2 Å². The second-order valence-corrected chi connectivity index (χ2v) is 9.28. The highest BCUT2D eigenvalue weighted by Crippen LogP contribution is 2.33. The molecule has 37 heavy (non-hydrogen) atoms. The van der Waals surface area contributed by atoms with Gasteiger partial charge in [-0.1, -0.05) is 60.7 Å². The Kier molecular flexibility index (Phi) is 4.03. The van der Waals surface area contributed by atoms with Gasteiger partial charge in [0.25, 0.3) is 5.56 Å². The molecule has 174 valence electrons. The Hall–Kier alpha value is -5.16. The van der Waals surface area contributed by atoms with E-state index in [1.807, 2.05) is 60.7 Å². The van der Waals surface area contributed by atoms with Gasteiger partial charge in [0, 0.05) is 16.5 Å². The van der Waals surface area contributed by atoms with Crippen LogP contribution in [0.4, 0.5) is 0 Å². The van der Waals surface area contributed by atoms with Crippen LogP contribution in [0.2, 0.25) is 0 Å². The van der Waals surface area contributed by atoms with Gasteiger partial charge in [-0.3, -0.25) is 9.20 Å². The van der Waals surface area contributed by atoms with E-state index in [0.717, 1.165) is 49.7 Å². The Bertz CT molecular complexity index is 2220. The minimum absolute atomic E-state index is 0.0791. The van der Waals surface area contributed by atoms with Crippen molar-refractivity contribution in [2.24, 2.45) is 0 Å². The minimum atomic E-state index is -0.0791. The molecule has 8 rings (SSSR count). The van der Waals surface area contributed by atoms with Crippen LogP contribution < -0.4 is 5.56 Å². The summed E-state index contributed by atoms with van der Waals surface area (Å²) in [6.07, 6.45) is 0. The number of benzene rings is 5. The molecule has 0 fully saturated rings. The first-order valence-corrected chi connectivity index (χ1v) is 12.3. The average molecular weight is 477 g/mol. The van der Waals surface area contributed by atoms with Gasteiger partial charge in [0.05, 0.1) is 38.7 Å². The van der Waals surface area contributed by atoms with Gasteiger partial charge >= 0.3 is 0 Å². The van der Waals surface area contributed by atoms with E-state index < -0.39 is 0 Å². The molecule has 0 spiro atoms. The molecular formula is C32H20N4O. The topological polar surface area (TPSA) is 44.2 Å². The third-order valence-corrected chi connectivity index (χ3v) is 7.25. The molecule has 0 N–H and O–H groups in total. The summed E-state index contributed by atoms with van der Waals surface area (Å²) < 4.78 is 6.11. The molecule has 0 atom stereocenters. The highest BCUT2D eigenvalue weighted by Gasteiger charge is 2.18. The maximum atomic E-state index is 14.0. The number of nitrogens with zero attached hydrogens (tertiary/aromatic N) is 4. The molecule has 0 saturated heterocycles. The Balaban J connectivity index is 1.51. The van der Waals surface area contributed by atoms with Crippen molar-refractivity contribution in [1.82, 2.24) is 18.5 Å². The smallest absolute Gasteiger partial charge is 0.267 e. The van der Waals surface area contributed by atoms with Crippen LogP contribution in [0, 0.1) is 0 Å². The molecule has 8 aromatic rings. The fourth-order valence-electron chi connectivity index (χ4n) is 5.65. The molecule has 3 heterocycles. The minimum Gasteiger partial charge on any atom is -0.309 e. The summed E-state index contributed by atoms with van der Waals surface area (Å²) in [5, 5.41) is 2.89. The maximum absolute atomic E-state index is 14.0. The van der Waals surface area contributed by atoms with Crippen molar-refractivity contribution in [1.29, 1.82) is 0 Å². The van der Waals surface area contributed by atoms with Crippen LogP contribution in [0.25, 0.3) is 60.9 Å². The zero-order chi connectivity index (χ0) is 24.5. The van der Waals surface area contributed by atoms with Gasteiger partial charge in [0.1, 0.15) is 0 Å². The van der Waals surface area contributed by atoms with Crippen molar-refractivity contribution in [3.63, 3.8) is 0 Å². The van der Waals surface area contributed by atoms with Crippen LogP contribution in [0.5, 0.6) is 0 Å². The Morgan fingerprint density at radius 3 is 1.97 bits per heavy atom. The lowest BCUT2D eigenvalue weighted by molar-refractivity contribution is 0.985. The van der Waals surface area contributed by atoms with Crippen molar-refractivity contribution < 1.29 is 0 Å². The van der Waals surface area contributed by atoms with Crippen LogP contribution in [0.1, 0.15) is 0 Å². The lowest BCUT2D eigenvalue weighted by Gasteiger charge is -2.12. The van der Waals surface area contributed by atoms with E-state index in [2.05, 4.69) is 69.6 Å². The number of hydrogen-bond donors (Lipinski definition) is 0. The Labute approximate surface area is 211 Å².